The number of aromatic nitrogens is 1. The summed E-state index contributed by atoms with van der Waals surface area (Å²) in [7, 11) is -1.09. The molecule has 0 aromatic carbocycles. The zero-order chi connectivity index (χ0) is 15.7. The third kappa shape index (κ3) is 3.17. The molecule has 0 spiro atoms. The molecule has 1 N–H and O–H groups in total. The van der Waals surface area contributed by atoms with E-state index in [-0.39, 0.29) is 6.10 Å². The maximum atomic E-state index is 6.07. The molecule has 6 heteroatoms. The fourth-order valence-electron chi connectivity index (χ4n) is 2.51. The van der Waals surface area contributed by atoms with Crippen LogP contribution >= 0.6 is 0 Å². The van der Waals surface area contributed by atoms with Gasteiger partial charge in [-0.15, -0.1) is 0 Å². The van der Waals surface area contributed by atoms with Gasteiger partial charge in [-0.1, -0.05) is 19.6 Å². The minimum atomic E-state index is -1.09. The van der Waals surface area contributed by atoms with Gasteiger partial charge in [-0.25, -0.2) is 0 Å². The van der Waals surface area contributed by atoms with Crippen molar-refractivity contribution in [3.8, 4) is 0 Å². The largest absolute Gasteiger partial charge is 0.367 e. The predicted molar refractivity (Wildman–Crippen MR) is 94.8 cm³/mol. The summed E-state index contributed by atoms with van der Waals surface area (Å²) >= 11 is 0. The number of rotatable bonds is 4. The maximum absolute atomic E-state index is 6.07. The second kappa shape index (κ2) is 5.77. The highest BCUT2D eigenvalue weighted by Crippen LogP contribution is 2.33. The standard InChI is InChI=1S/C16H22N4OSi/c1-11-7-13-15(12-8-18-19-9-12)17-10-14(16(13)20-11)21-5-6-22(2,3)4/h7-10,14,20H,5-6H2,1-4H3. The number of hydrogen-bond donors (Lipinski definition) is 1. The molecule has 3 rings (SSSR count). The van der Waals surface area contributed by atoms with Crippen LogP contribution in [0.4, 0.5) is 0 Å². The van der Waals surface area contributed by atoms with E-state index in [2.05, 4.69) is 52.8 Å². The normalized spacial score (nSPS) is 20.1. The topological polar surface area (TPSA) is 62.1 Å². The molecular weight excluding hydrogens is 292 g/mol. The van der Waals surface area contributed by atoms with Crippen molar-refractivity contribution >= 4 is 32.4 Å². The first-order valence-corrected chi connectivity index (χ1v) is 11.3. The second-order valence-corrected chi connectivity index (χ2v) is 12.6. The minimum absolute atomic E-state index is 0.0975. The van der Waals surface area contributed by atoms with E-state index in [1.165, 1.54) is 0 Å². The molecule has 5 nitrogen and oxygen atoms in total. The van der Waals surface area contributed by atoms with Gasteiger partial charge in [-0.05, 0) is 19.0 Å². The zero-order valence-electron chi connectivity index (χ0n) is 13.6. The van der Waals surface area contributed by atoms with E-state index in [9.17, 15) is 0 Å². The molecule has 2 aliphatic heterocycles. The third-order valence-electron chi connectivity index (χ3n) is 3.74. The summed E-state index contributed by atoms with van der Waals surface area (Å²) in [6.07, 6.45) is 5.26. The number of aromatic amines is 1. The highest BCUT2D eigenvalue weighted by Gasteiger charge is 2.25. The van der Waals surface area contributed by atoms with Gasteiger partial charge in [0.1, 0.15) is 6.10 Å². The highest BCUT2D eigenvalue weighted by atomic mass is 28.3. The number of nitrogens with one attached hydrogen (secondary N) is 1. The molecule has 0 fully saturated rings. The van der Waals surface area contributed by atoms with Crippen LogP contribution in [-0.2, 0) is 4.74 Å². The third-order valence-corrected chi connectivity index (χ3v) is 5.45. The lowest BCUT2D eigenvalue weighted by atomic mass is 10.0. The molecule has 2 aliphatic rings. The number of fused-ring (bicyclic) bond motifs is 1. The number of H-pyrrole nitrogens is 1. The van der Waals surface area contributed by atoms with Crippen LogP contribution in [0.1, 0.15) is 23.1 Å². The smallest absolute Gasteiger partial charge is 0.133 e. The van der Waals surface area contributed by atoms with Crippen molar-refractivity contribution in [2.45, 2.75) is 38.7 Å². The first-order chi connectivity index (χ1) is 10.4. The van der Waals surface area contributed by atoms with E-state index in [0.717, 1.165) is 40.9 Å². The van der Waals surface area contributed by atoms with E-state index < -0.39 is 8.07 Å². The van der Waals surface area contributed by atoms with Crippen LogP contribution in [0.15, 0.2) is 26.8 Å². The van der Waals surface area contributed by atoms with Crippen molar-refractivity contribution in [1.29, 1.82) is 0 Å². The summed E-state index contributed by atoms with van der Waals surface area (Å²) in [5, 5.41) is 7.78. The summed E-state index contributed by atoms with van der Waals surface area (Å²) in [5.41, 5.74) is 5.14. The Morgan fingerprint density at radius 2 is 1.95 bits per heavy atom. The molecule has 1 aromatic rings. The first-order valence-electron chi connectivity index (χ1n) is 7.60. The summed E-state index contributed by atoms with van der Waals surface area (Å²) in [6.45, 7) is 9.90. The molecule has 0 amide bonds. The van der Waals surface area contributed by atoms with E-state index >= 15 is 0 Å². The molecular formula is C16H22N4OSi. The van der Waals surface area contributed by atoms with Gasteiger partial charge < -0.3 is 9.72 Å². The molecule has 1 unspecified atom stereocenters. The van der Waals surface area contributed by atoms with E-state index in [4.69, 9.17) is 4.74 Å². The van der Waals surface area contributed by atoms with Gasteiger partial charge in [0, 0.05) is 37.7 Å². The lowest BCUT2D eigenvalue weighted by Gasteiger charge is -2.22. The Bertz CT molecular complexity index is 677. The molecule has 1 atom stereocenters. The maximum Gasteiger partial charge on any atom is 0.133 e. The lowest BCUT2D eigenvalue weighted by molar-refractivity contribution is 0.109. The van der Waals surface area contributed by atoms with E-state index in [1.807, 2.05) is 6.21 Å². The van der Waals surface area contributed by atoms with Gasteiger partial charge in [0.15, 0.2) is 0 Å². The van der Waals surface area contributed by atoms with Crippen molar-refractivity contribution in [3.63, 3.8) is 0 Å². The van der Waals surface area contributed by atoms with Gasteiger partial charge in [-0.3, -0.25) is 4.99 Å². The highest BCUT2D eigenvalue weighted by molar-refractivity contribution is 6.76. The Morgan fingerprint density at radius 3 is 2.64 bits per heavy atom. The summed E-state index contributed by atoms with van der Waals surface area (Å²) in [6, 6.07) is 3.27. The van der Waals surface area contributed by atoms with Gasteiger partial charge in [0.25, 0.3) is 0 Å². The van der Waals surface area contributed by atoms with Gasteiger partial charge in [0.2, 0.25) is 0 Å². The van der Waals surface area contributed by atoms with Crippen LogP contribution in [0, 0.1) is 6.92 Å². The van der Waals surface area contributed by atoms with Crippen molar-refractivity contribution in [1.82, 2.24) is 4.98 Å². The Hall–Kier alpha value is -1.79. The Balaban J connectivity index is 1.84. The van der Waals surface area contributed by atoms with Gasteiger partial charge >= 0.3 is 0 Å². The molecule has 0 bridgehead atoms. The Morgan fingerprint density at radius 1 is 1.23 bits per heavy atom. The molecule has 0 saturated carbocycles. The second-order valence-electron chi connectivity index (χ2n) is 6.95. The molecule has 0 aliphatic carbocycles. The number of hydrogen-bond acceptors (Lipinski definition) is 4. The summed E-state index contributed by atoms with van der Waals surface area (Å²) in [4.78, 5) is 8.02. The fourth-order valence-corrected chi connectivity index (χ4v) is 3.24. The van der Waals surface area contributed by atoms with Gasteiger partial charge in [-0.2, -0.15) is 10.2 Å². The molecule has 116 valence electrons. The van der Waals surface area contributed by atoms with Crippen molar-refractivity contribution in [3.05, 3.63) is 28.6 Å². The van der Waals surface area contributed by atoms with Crippen LogP contribution < -0.4 is 0 Å². The number of nitrogens with zero attached hydrogens (tertiary/aromatic N) is 3. The van der Waals surface area contributed by atoms with Crippen molar-refractivity contribution in [2.75, 3.05) is 6.61 Å². The lowest BCUT2D eigenvalue weighted by Crippen LogP contribution is -2.23. The average Bonchev–Trinajstić information content (AvgIpc) is 3.05. The van der Waals surface area contributed by atoms with Crippen LogP contribution in [0.5, 0.6) is 0 Å². The Kier molecular flexibility index (Phi) is 3.97. The molecule has 3 heterocycles. The quantitative estimate of drug-likeness (QED) is 0.848. The SMILES string of the molecule is Cc1cc2c([nH]1)C(OCC[Si](C)(C)C)C=NC2=C1C=NN=C1. The fraction of sp³-hybridized carbons (Fsp3) is 0.438. The first kappa shape index (κ1) is 15.1. The van der Waals surface area contributed by atoms with Gasteiger partial charge in [0.05, 0.1) is 23.8 Å². The number of allylic oxidation sites excluding steroid dienone is 1. The Labute approximate surface area is 131 Å². The monoisotopic (exact) mass is 314 g/mol. The van der Waals surface area contributed by atoms with E-state index in [1.54, 1.807) is 12.4 Å². The van der Waals surface area contributed by atoms with Crippen LogP contribution in [0.2, 0.25) is 25.7 Å². The summed E-state index contributed by atoms with van der Waals surface area (Å²) < 4.78 is 6.07. The summed E-state index contributed by atoms with van der Waals surface area (Å²) in [5.74, 6) is 0. The molecule has 1 aromatic heterocycles. The average molecular weight is 314 g/mol. The van der Waals surface area contributed by atoms with Crippen LogP contribution in [-0.4, -0.2) is 38.3 Å². The molecule has 0 radical (unpaired) electrons. The molecule has 0 saturated heterocycles. The number of aliphatic imine (C=N–C) groups is 1. The van der Waals surface area contributed by atoms with Crippen LogP contribution in [0.3, 0.4) is 0 Å². The number of ether oxygens (including phenoxy) is 1. The number of aryl methyl sites for hydroxylation is 1. The van der Waals surface area contributed by atoms with Crippen molar-refractivity contribution < 1.29 is 4.74 Å². The van der Waals surface area contributed by atoms with Crippen molar-refractivity contribution in [2.24, 2.45) is 15.2 Å². The molecule has 22 heavy (non-hydrogen) atoms. The minimum Gasteiger partial charge on any atom is -0.367 e. The predicted octanol–water partition coefficient (Wildman–Crippen LogP) is 3.58. The van der Waals surface area contributed by atoms with E-state index in [0.29, 0.717) is 0 Å². The zero-order valence-corrected chi connectivity index (χ0v) is 14.6. The van der Waals surface area contributed by atoms with Crippen LogP contribution in [0.25, 0.3) is 5.70 Å².